The number of nitrogen functional groups attached to an aromatic ring is 1. The number of aryl methyl sites for hydroxylation is 1. The van der Waals surface area contributed by atoms with Crippen molar-refractivity contribution < 1.29 is 8.42 Å². The second-order valence-corrected chi connectivity index (χ2v) is 7.30. The van der Waals surface area contributed by atoms with E-state index < -0.39 is 10.0 Å². The van der Waals surface area contributed by atoms with E-state index in [9.17, 15) is 8.42 Å². The lowest BCUT2D eigenvalue weighted by atomic mass is 10.2. The fourth-order valence-corrected chi connectivity index (χ4v) is 4.37. The Morgan fingerprint density at radius 3 is 2.71 bits per heavy atom. The number of rotatable bonds is 3. The van der Waals surface area contributed by atoms with Crippen molar-refractivity contribution in [3.8, 4) is 0 Å². The van der Waals surface area contributed by atoms with Crippen molar-refractivity contribution in [3.63, 3.8) is 0 Å². The Bertz CT molecular complexity index is 884. The van der Waals surface area contributed by atoms with E-state index >= 15 is 0 Å². The van der Waals surface area contributed by atoms with Gasteiger partial charge in [-0.3, -0.25) is 4.72 Å². The second kappa shape index (κ2) is 5.01. The molecule has 0 atom stereocenters. The van der Waals surface area contributed by atoms with Crippen molar-refractivity contribution in [1.82, 2.24) is 4.98 Å². The first kappa shape index (κ1) is 13.8. The van der Waals surface area contributed by atoms with E-state index in [0.29, 0.717) is 16.4 Å². The highest BCUT2D eigenvalue weighted by atomic mass is 32.2. The first-order valence-electron chi connectivity index (χ1n) is 6.20. The van der Waals surface area contributed by atoms with Crippen molar-refractivity contribution in [3.05, 3.63) is 48.0 Å². The quantitative estimate of drug-likeness (QED) is 0.727. The number of sulfonamides is 1. The number of nitrogens with one attached hydrogen (secondary N) is 1. The van der Waals surface area contributed by atoms with Gasteiger partial charge in [0.25, 0.3) is 10.0 Å². The van der Waals surface area contributed by atoms with Gasteiger partial charge in [0.2, 0.25) is 0 Å². The Kier molecular flexibility index (Phi) is 3.30. The van der Waals surface area contributed by atoms with Crippen LogP contribution in [0.15, 0.2) is 47.4 Å². The van der Waals surface area contributed by atoms with E-state index in [1.54, 1.807) is 19.1 Å². The monoisotopic (exact) mass is 319 g/mol. The summed E-state index contributed by atoms with van der Waals surface area (Å²) in [5.41, 5.74) is 7.49. The number of aromatic nitrogens is 1. The lowest BCUT2D eigenvalue weighted by Crippen LogP contribution is -2.14. The average molecular weight is 319 g/mol. The summed E-state index contributed by atoms with van der Waals surface area (Å²) in [6, 6.07) is 12.3. The van der Waals surface area contributed by atoms with Crippen molar-refractivity contribution in [2.45, 2.75) is 11.8 Å². The molecule has 0 bridgehead atoms. The summed E-state index contributed by atoms with van der Waals surface area (Å²) in [6.45, 7) is 1.73. The number of hydrogen-bond donors (Lipinski definition) is 2. The molecule has 3 N–H and O–H groups in total. The standard InChI is InChI=1S/C14H13N3O2S2/c1-9-6-7-10(15)8-13(9)21(18,19)17-14-16-11-4-2-3-5-12(11)20-14/h2-8H,15H2,1H3,(H,16,17). The molecule has 0 aliphatic heterocycles. The van der Waals surface area contributed by atoms with E-state index in [2.05, 4.69) is 9.71 Å². The maximum Gasteiger partial charge on any atom is 0.264 e. The number of hydrogen-bond acceptors (Lipinski definition) is 5. The minimum Gasteiger partial charge on any atom is -0.399 e. The average Bonchev–Trinajstić information content (AvgIpc) is 2.82. The molecule has 21 heavy (non-hydrogen) atoms. The van der Waals surface area contributed by atoms with Crippen LogP contribution >= 0.6 is 11.3 Å². The lowest BCUT2D eigenvalue weighted by molar-refractivity contribution is 0.600. The molecule has 0 saturated carbocycles. The third-order valence-electron chi connectivity index (χ3n) is 3.02. The number of para-hydroxylation sites is 1. The van der Waals surface area contributed by atoms with E-state index in [-0.39, 0.29) is 4.90 Å². The van der Waals surface area contributed by atoms with Crippen molar-refractivity contribution >= 4 is 42.4 Å². The maximum absolute atomic E-state index is 12.5. The predicted octanol–water partition coefficient (Wildman–Crippen LogP) is 2.99. The van der Waals surface area contributed by atoms with Gasteiger partial charge in [0.05, 0.1) is 15.1 Å². The Balaban J connectivity index is 2.01. The molecule has 7 heteroatoms. The van der Waals surface area contributed by atoms with E-state index in [1.165, 1.54) is 17.4 Å². The van der Waals surface area contributed by atoms with Crippen LogP contribution in [0.3, 0.4) is 0 Å². The zero-order valence-corrected chi connectivity index (χ0v) is 12.8. The van der Waals surface area contributed by atoms with Crippen LogP contribution in [0.25, 0.3) is 10.2 Å². The molecule has 0 amide bonds. The molecule has 0 aliphatic carbocycles. The van der Waals surface area contributed by atoms with Gasteiger partial charge in [0, 0.05) is 5.69 Å². The van der Waals surface area contributed by atoms with E-state index in [1.807, 2.05) is 24.3 Å². The van der Waals surface area contributed by atoms with Gasteiger partial charge in [0.1, 0.15) is 0 Å². The van der Waals surface area contributed by atoms with Crippen molar-refractivity contribution in [2.75, 3.05) is 10.5 Å². The highest BCUT2D eigenvalue weighted by Crippen LogP contribution is 2.28. The Morgan fingerprint density at radius 1 is 1.19 bits per heavy atom. The molecular weight excluding hydrogens is 306 g/mol. The second-order valence-electron chi connectivity index (χ2n) is 4.62. The topological polar surface area (TPSA) is 85.1 Å². The van der Waals surface area contributed by atoms with Crippen LogP contribution in [-0.4, -0.2) is 13.4 Å². The molecule has 0 saturated heterocycles. The van der Waals surface area contributed by atoms with Gasteiger partial charge in [0.15, 0.2) is 5.13 Å². The van der Waals surface area contributed by atoms with Crippen LogP contribution in [-0.2, 0) is 10.0 Å². The van der Waals surface area contributed by atoms with Gasteiger partial charge < -0.3 is 5.73 Å². The smallest absolute Gasteiger partial charge is 0.264 e. The SMILES string of the molecule is Cc1ccc(N)cc1S(=O)(=O)Nc1nc2ccccc2s1. The maximum atomic E-state index is 12.5. The molecular formula is C14H13N3O2S2. The fraction of sp³-hybridized carbons (Fsp3) is 0.0714. The summed E-state index contributed by atoms with van der Waals surface area (Å²) in [7, 11) is -3.70. The highest BCUT2D eigenvalue weighted by Gasteiger charge is 2.19. The molecule has 0 spiro atoms. The number of anilines is 2. The molecule has 3 rings (SSSR count). The van der Waals surface area contributed by atoms with Gasteiger partial charge in [-0.25, -0.2) is 13.4 Å². The Hall–Kier alpha value is -2.12. The third-order valence-corrected chi connectivity index (χ3v) is 5.58. The van der Waals surface area contributed by atoms with Crippen LogP contribution in [0, 0.1) is 6.92 Å². The van der Waals surface area contributed by atoms with Crippen LogP contribution < -0.4 is 10.5 Å². The lowest BCUT2D eigenvalue weighted by Gasteiger charge is -2.08. The summed E-state index contributed by atoms with van der Waals surface area (Å²) >= 11 is 1.30. The molecule has 5 nitrogen and oxygen atoms in total. The minimum absolute atomic E-state index is 0.168. The number of thiazole rings is 1. The van der Waals surface area contributed by atoms with Crippen molar-refractivity contribution in [2.24, 2.45) is 0 Å². The molecule has 3 aromatic rings. The molecule has 1 heterocycles. The van der Waals surface area contributed by atoms with Gasteiger partial charge >= 0.3 is 0 Å². The number of benzene rings is 2. The first-order valence-corrected chi connectivity index (χ1v) is 8.50. The predicted molar refractivity (Wildman–Crippen MR) is 86.0 cm³/mol. The molecule has 108 valence electrons. The molecule has 0 unspecified atom stereocenters. The minimum atomic E-state index is -3.70. The zero-order valence-electron chi connectivity index (χ0n) is 11.2. The number of fused-ring (bicyclic) bond motifs is 1. The summed E-state index contributed by atoms with van der Waals surface area (Å²) in [5.74, 6) is 0. The fourth-order valence-electron chi connectivity index (χ4n) is 1.99. The normalized spacial score (nSPS) is 11.7. The van der Waals surface area contributed by atoms with Gasteiger partial charge in [-0.2, -0.15) is 0 Å². The number of nitrogens with two attached hydrogens (primary N) is 1. The van der Waals surface area contributed by atoms with Crippen LogP contribution in [0.5, 0.6) is 0 Å². The summed E-state index contributed by atoms with van der Waals surface area (Å²) < 4.78 is 28.3. The van der Waals surface area contributed by atoms with Gasteiger partial charge in [-0.1, -0.05) is 29.5 Å². The number of nitrogens with zero attached hydrogens (tertiary/aromatic N) is 1. The Morgan fingerprint density at radius 2 is 1.95 bits per heavy atom. The molecule has 0 aliphatic rings. The van der Waals surface area contributed by atoms with Gasteiger partial charge in [-0.15, -0.1) is 0 Å². The highest BCUT2D eigenvalue weighted by molar-refractivity contribution is 7.93. The molecule has 2 aromatic carbocycles. The van der Waals surface area contributed by atoms with E-state index in [4.69, 9.17) is 5.73 Å². The molecule has 0 radical (unpaired) electrons. The Labute approximate surface area is 126 Å². The zero-order chi connectivity index (χ0) is 15.0. The van der Waals surface area contributed by atoms with Crippen LogP contribution in [0.2, 0.25) is 0 Å². The van der Waals surface area contributed by atoms with E-state index in [0.717, 1.165) is 10.2 Å². The van der Waals surface area contributed by atoms with Crippen LogP contribution in [0.4, 0.5) is 10.8 Å². The summed E-state index contributed by atoms with van der Waals surface area (Å²) in [5, 5.41) is 0.345. The van der Waals surface area contributed by atoms with Gasteiger partial charge in [-0.05, 0) is 36.8 Å². The van der Waals surface area contributed by atoms with Crippen LogP contribution in [0.1, 0.15) is 5.56 Å². The summed E-state index contributed by atoms with van der Waals surface area (Å²) in [6.07, 6.45) is 0. The molecule has 1 aromatic heterocycles. The van der Waals surface area contributed by atoms with Crippen molar-refractivity contribution in [1.29, 1.82) is 0 Å². The molecule has 0 fully saturated rings. The third kappa shape index (κ3) is 2.70. The first-order chi connectivity index (χ1) is 9.95. The summed E-state index contributed by atoms with van der Waals surface area (Å²) in [4.78, 5) is 4.44. The largest absolute Gasteiger partial charge is 0.399 e.